The van der Waals surface area contributed by atoms with Crippen molar-refractivity contribution in [3.8, 4) is 39.1 Å². The van der Waals surface area contributed by atoms with Crippen molar-refractivity contribution in [2.45, 2.75) is 18.5 Å². The standard InChI is InChI=1S/C63H42N4/c1-63-39-49-17-9-11-19-57(49)65-62(63)55-35-47-23-21-45(41-14-6-3-7-15-41)33-51(47)38-59(55)67(63)53-30-26-43(27-31-53)42-24-28-52(29-25-42)66-58-37-50-32-44(40-12-4-2-5-13-40)20-22-46(50)34-54(58)61-60(66)36-48-16-8-10-18-56(48)64-61/h2-39,62H,1H3. The van der Waals surface area contributed by atoms with Crippen LogP contribution in [0.15, 0.2) is 229 Å². The Morgan fingerprint density at radius 1 is 0.433 bits per heavy atom. The van der Waals surface area contributed by atoms with Crippen LogP contribution in [0.3, 0.4) is 0 Å². The van der Waals surface area contributed by atoms with Gasteiger partial charge in [-0.05, 0) is 152 Å². The molecule has 12 aromatic rings. The maximum absolute atomic E-state index is 5.47. The number of hydrogen-bond acceptors (Lipinski definition) is 3. The van der Waals surface area contributed by atoms with Crippen LogP contribution < -0.4 is 15.5 Å². The molecule has 0 saturated heterocycles. The zero-order valence-electron chi connectivity index (χ0n) is 36.8. The molecule has 0 bridgehead atoms. The van der Waals surface area contributed by atoms with Crippen molar-refractivity contribution in [2.75, 3.05) is 4.90 Å². The fourth-order valence-corrected chi connectivity index (χ4v) is 11.1. The highest BCUT2D eigenvalue weighted by Gasteiger charge is 2.49. The van der Waals surface area contributed by atoms with Crippen molar-refractivity contribution in [2.24, 2.45) is 4.99 Å². The first-order valence-corrected chi connectivity index (χ1v) is 23.2. The normalized spacial score (nSPS) is 16.3. The lowest BCUT2D eigenvalue weighted by Gasteiger charge is -2.38. The van der Waals surface area contributed by atoms with E-state index in [1.54, 1.807) is 0 Å². The molecule has 2 unspecified atom stereocenters. The first kappa shape index (κ1) is 37.7. The van der Waals surface area contributed by atoms with Crippen molar-refractivity contribution in [3.63, 3.8) is 0 Å². The summed E-state index contributed by atoms with van der Waals surface area (Å²) in [6, 6.07) is 81.7. The summed E-state index contributed by atoms with van der Waals surface area (Å²) in [5.41, 5.74) is 15.7. The second-order valence-electron chi connectivity index (χ2n) is 18.4. The van der Waals surface area contributed by atoms with E-state index < -0.39 is 5.54 Å². The van der Waals surface area contributed by atoms with Gasteiger partial charge in [0.05, 0.1) is 33.0 Å². The molecule has 4 nitrogen and oxygen atoms in total. The van der Waals surface area contributed by atoms with E-state index in [0.717, 1.165) is 55.1 Å². The molecule has 14 rings (SSSR count). The van der Waals surface area contributed by atoms with E-state index in [9.17, 15) is 0 Å². The van der Waals surface area contributed by atoms with Crippen LogP contribution in [0.4, 0.5) is 11.4 Å². The van der Waals surface area contributed by atoms with Crippen LogP contribution in [0.1, 0.15) is 18.5 Å². The molecular formula is C63H42N4. The number of aromatic nitrogens is 2. The maximum Gasteiger partial charge on any atom is 0.105 e. The number of para-hydroxylation sites is 2. The third-order valence-corrected chi connectivity index (χ3v) is 14.4. The Balaban J connectivity index is 0.866. The van der Waals surface area contributed by atoms with Gasteiger partial charge in [-0.1, -0.05) is 146 Å². The summed E-state index contributed by atoms with van der Waals surface area (Å²) in [6.07, 6.45) is 2.44. The van der Waals surface area contributed by atoms with E-state index in [0.29, 0.717) is 0 Å². The van der Waals surface area contributed by atoms with Gasteiger partial charge in [-0.3, -0.25) is 4.99 Å². The predicted octanol–water partition coefficient (Wildman–Crippen LogP) is 14.7. The van der Waals surface area contributed by atoms with E-state index in [1.807, 2.05) is 0 Å². The van der Waals surface area contributed by atoms with Crippen molar-refractivity contribution in [1.82, 2.24) is 9.55 Å². The number of nitrogens with zero attached hydrogens (tertiary/aromatic N) is 4. The molecule has 2 aliphatic rings. The molecule has 0 saturated carbocycles. The minimum Gasteiger partial charge on any atom is -0.329 e. The Morgan fingerprint density at radius 2 is 1.00 bits per heavy atom. The predicted molar refractivity (Wildman–Crippen MR) is 279 cm³/mol. The highest BCUT2D eigenvalue weighted by molar-refractivity contribution is 6.14. The van der Waals surface area contributed by atoms with Crippen LogP contribution >= 0.6 is 0 Å². The molecule has 10 aromatic carbocycles. The summed E-state index contributed by atoms with van der Waals surface area (Å²) in [7, 11) is 0. The average Bonchev–Trinajstić information content (AvgIpc) is 3.82. The monoisotopic (exact) mass is 854 g/mol. The minimum atomic E-state index is -0.406. The Morgan fingerprint density at radius 3 is 1.72 bits per heavy atom. The first-order chi connectivity index (χ1) is 33.0. The third kappa shape index (κ3) is 5.93. The molecule has 0 N–H and O–H groups in total. The molecule has 67 heavy (non-hydrogen) atoms. The quantitative estimate of drug-likeness (QED) is 0.173. The highest BCUT2D eigenvalue weighted by Crippen LogP contribution is 2.54. The van der Waals surface area contributed by atoms with Crippen molar-refractivity contribution < 1.29 is 0 Å². The lowest BCUT2D eigenvalue weighted by molar-refractivity contribution is 0.506. The van der Waals surface area contributed by atoms with Crippen LogP contribution in [0.2, 0.25) is 0 Å². The molecule has 4 heteroatoms. The summed E-state index contributed by atoms with van der Waals surface area (Å²) in [6.45, 7) is 2.35. The summed E-state index contributed by atoms with van der Waals surface area (Å²) in [5, 5.41) is 9.35. The number of benzene rings is 10. The van der Waals surface area contributed by atoms with E-state index in [4.69, 9.17) is 9.98 Å². The fourth-order valence-electron chi connectivity index (χ4n) is 11.1. The van der Waals surface area contributed by atoms with Gasteiger partial charge in [0.2, 0.25) is 0 Å². The molecule has 2 atom stereocenters. The van der Waals surface area contributed by atoms with Crippen LogP contribution in [0.5, 0.6) is 0 Å². The van der Waals surface area contributed by atoms with Crippen LogP contribution in [-0.2, 0) is 0 Å². The zero-order chi connectivity index (χ0) is 44.2. The topological polar surface area (TPSA) is 33.4 Å². The van der Waals surface area contributed by atoms with Gasteiger partial charge in [0.15, 0.2) is 0 Å². The van der Waals surface area contributed by atoms with Crippen LogP contribution in [-0.4, -0.2) is 15.1 Å². The molecular weight excluding hydrogens is 813 g/mol. The Bertz CT molecular complexity index is 4100. The van der Waals surface area contributed by atoms with E-state index in [2.05, 4.69) is 247 Å². The number of rotatable bonds is 5. The average molecular weight is 855 g/mol. The van der Waals surface area contributed by atoms with Gasteiger partial charge >= 0.3 is 0 Å². The van der Waals surface area contributed by atoms with Gasteiger partial charge in [0, 0.05) is 33.4 Å². The van der Waals surface area contributed by atoms with Gasteiger partial charge in [-0.2, -0.15) is 0 Å². The van der Waals surface area contributed by atoms with E-state index in [1.165, 1.54) is 65.8 Å². The number of fused-ring (bicyclic) bond motifs is 10. The van der Waals surface area contributed by atoms with Crippen molar-refractivity contribution in [1.29, 1.82) is 0 Å². The Kier molecular flexibility index (Phi) is 8.14. The number of pyridine rings is 1. The van der Waals surface area contributed by atoms with Gasteiger partial charge in [0.1, 0.15) is 6.04 Å². The Hall–Kier alpha value is -8.60. The maximum atomic E-state index is 5.47. The smallest absolute Gasteiger partial charge is 0.105 e. The second-order valence-corrected chi connectivity index (χ2v) is 18.4. The summed E-state index contributed by atoms with van der Waals surface area (Å²) >= 11 is 0. The minimum absolute atomic E-state index is 0.0549. The largest absolute Gasteiger partial charge is 0.329 e. The number of hydrogen-bond donors (Lipinski definition) is 0. The van der Waals surface area contributed by atoms with Crippen LogP contribution in [0.25, 0.3) is 99.5 Å². The Labute approximate surface area is 387 Å². The van der Waals surface area contributed by atoms with Gasteiger partial charge in [0.25, 0.3) is 0 Å². The molecule has 0 amide bonds. The highest BCUT2D eigenvalue weighted by atomic mass is 15.3. The zero-order valence-corrected chi connectivity index (χ0v) is 36.8. The third-order valence-electron chi connectivity index (χ3n) is 14.4. The summed E-state index contributed by atoms with van der Waals surface area (Å²) < 4.78 is 2.39. The SMILES string of the molecule is CC12C=c3ccccc3=NC1c1cc3ccc(-c4ccccc4)cc3cc1N2c1ccc(-c2ccc(-n3c4cc5cc(-c6ccccc6)ccc5cc4c4nc5ccccc5cc43)cc2)cc1. The molecule has 2 aromatic heterocycles. The second kappa shape index (κ2) is 14.5. The van der Waals surface area contributed by atoms with E-state index in [-0.39, 0.29) is 6.04 Å². The van der Waals surface area contributed by atoms with Crippen LogP contribution in [0, 0.1) is 0 Å². The van der Waals surface area contributed by atoms with Crippen molar-refractivity contribution >= 4 is 71.8 Å². The van der Waals surface area contributed by atoms with E-state index >= 15 is 0 Å². The van der Waals surface area contributed by atoms with Gasteiger partial charge < -0.3 is 9.47 Å². The molecule has 0 radical (unpaired) electrons. The first-order valence-electron chi connectivity index (χ1n) is 23.2. The lowest BCUT2D eigenvalue weighted by atomic mass is 9.87. The molecule has 2 aliphatic heterocycles. The molecule has 0 fully saturated rings. The molecule has 0 spiro atoms. The van der Waals surface area contributed by atoms with Gasteiger partial charge in [-0.25, -0.2) is 4.98 Å². The summed E-state index contributed by atoms with van der Waals surface area (Å²) in [5.74, 6) is 0. The number of anilines is 2. The van der Waals surface area contributed by atoms with Crippen molar-refractivity contribution in [3.05, 3.63) is 241 Å². The summed E-state index contributed by atoms with van der Waals surface area (Å²) in [4.78, 5) is 13.3. The fraction of sp³-hybridized carbons (Fsp3) is 0.0476. The van der Waals surface area contributed by atoms with Gasteiger partial charge in [-0.15, -0.1) is 0 Å². The lowest BCUT2D eigenvalue weighted by Crippen LogP contribution is -2.47. The molecule has 4 heterocycles. The molecule has 314 valence electrons. The molecule has 0 aliphatic carbocycles.